The number of anilines is 1. The van der Waals surface area contributed by atoms with Gasteiger partial charge in [-0.3, -0.25) is 4.79 Å². The number of benzene rings is 2. The predicted molar refractivity (Wildman–Crippen MR) is 150 cm³/mol. The molecule has 1 unspecified atom stereocenters. The number of aryl methyl sites for hydroxylation is 2. The molecule has 1 fully saturated rings. The summed E-state index contributed by atoms with van der Waals surface area (Å²) < 4.78 is 36.6. The average Bonchev–Trinajstić information content (AvgIpc) is 3.38. The first-order valence-electron chi connectivity index (χ1n) is 12.7. The molecule has 39 heavy (non-hydrogen) atoms. The lowest BCUT2D eigenvalue weighted by Gasteiger charge is -2.29. The van der Waals surface area contributed by atoms with E-state index in [4.69, 9.17) is 16.3 Å². The lowest BCUT2D eigenvalue weighted by molar-refractivity contribution is -0.132. The van der Waals surface area contributed by atoms with Gasteiger partial charge in [0.25, 0.3) is 0 Å². The van der Waals surface area contributed by atoms with Gasteiger partial charge >= 0.3 is 0 Å². The summed E-state index contributed by atoms with van der Waals surface area (Å²) in [5.74, 6) is -0.384. The number of halogens is 1. The van der Waals surface area contributed by atoms with Crippen LogP contribution < -0.4 is 9.62 Å². The molecule has 0 aliphatic carbocycles. The first kappa shape index (κ1) is 28.6. The van der Waals surface area contributed by atoms with Crippen LogP contribution in [-0.2, 0) is 32.6 Å². The number of nitriles is 1. The Morgan fingerprint density at radius 3 is 2.64 bits per heavy atom. The minimum Gasteiger partial charge on any atom is -0.378 e. The number of likely N-dealkylation sites (N-methyl/N-ethyl adjacent to an activating group) is 1. The van der Waals surface area contributed by atoms with Crippen LogP contribution in [-0.4, -0.2) is 63.2 Å². The van der Waals surface area contributed by atoms with Gasteiger partial charge in [0.15, 0.2) is 0 Å². The summed E-state index contributed by atoms with van der Waals surface area (Å²) in [6.45, 7) is 5.17. The topological polar surface area (TPSA) is 108 Å². The molecule has 1 atom stereocenters. The number of sulfonamides is 1. The standard InChI is InChI=1S/C28H32ClN5O4S/c1-21-6-3-10-25(29)27(21)39(36,37)31-26(11-13-33-12-5-9-24(33)19-30)28(35)32(2)20-22-7-4-8-23(18-22)34-14-16-38-17-15-34/h3-10,12,18,26,31H,11,13-17,20H2,1-2H3. The van der Waals surface area contributed by atoms with E-state index in [-0.39, 0.29) is 28.8 Å². The highest BCUT2D eigenvalue weighted by Gasteiger charge is 2.30. The van der Waals surface area contributed by atoms with Crippen molar-refractivity contribution in [1.29, 1.82) is 5.26 Å². The van der Waals surface area contributed by atoms with Gasteiger partial charge < -0.3 is 19.1 Å². The fourth-order valence-electron chi connectivity index (χ4n) is 4.71. The highest BCUT2D eigenvalue weighted by Crippen LogP contribution is 2.25. The molecule has 1 amide bonds. The van der Waals surface area contributed by atoms with E-state index in [1.165, 1.54) is 11.0 Å². The summed E-state index contributed by atoms with van der Waals surface area (Å²) in [7, 11) is -2.47. The van der Waals surface area contributed by atoms with E-state index in [0.29, 0.717) is 31.0 Å². The van der Waals surface area contributed by atoms with Crippen molar-refractivity contribution in [2.45, 2.75) is 37.4 Å². The number of hydrogen-bond acceptors (Lipinski definition) is 6. The molecule has 2 aromatic carbocycles. The van der Waals surface area contributed by atoms with Crippen molar-refractivity contribution >= 4 is 33.2 Å². The van der Waals surface area contributed by atoms with Crippen LogP contribution >= 0.6 is 11.6 Å². The van der Waals surface area contributed by atoms with Crippen LogP contribution in [0.25, 0.3) is 0 Å². The molecule has 4 rings (SSSR count). The van der Waals surface area contributed by atoms with Gasteiger partial charge in [-0.15, -0.1) is 0 Å². The van der Waals surface area contributed by atoms with Crippen LogP contribution in [0.4, 0.5) is 5.69 Å². The Labute approximate surface area is 234 Å². The minimum atomic E-state index is -4.12. The summed E-state index contributed by atoms with van der Waals surface area (Å²) >= 11 is 6.26. The Balaban J connectivity index is 1.55. The average molecular weight is 570 g/mol. The Bertz CT molecular complexity index is 1440. The molecule has 1 saturated heterocycles. The van der Waals surface area contributed by atoms with Crippen molar-refractivity contribution in [3.8, 4) is 6.07 Å². The molecular weight excluding hydrogens is 538 g/mol. The van der Waals surface area contributed by atoms with Crippen LogP contribution in [0.5, 0.6) is 0 Å². The van der Waals surface area contributed by atoms with Gasteiger partial charge in [0, 0.05) is 45.1 Å². The number of rotatable bonds is 10. The molecule has 1 aliphatic heterocycles. The van der Waals surface area contributed by atoms with Gasteiger partial charge in [0.1, 0.15) is 22.7 Å². The van der Waals surface area contributed by atoms with Gasteiger partial charge in [-0.2, -0.15) is 9.98 Å². The van der Waals surface area contributed by atoms with Gasteiger partial charge in [-0.25, -0.2) is 8.42 Å². The summed E-state index contributed by atoms with van der Waals surface area (Å²) in [6, 6.07) is 17.2. The zero-order valence-corrected chi connectivity index (χ0v) is 23.6. The third-order valence-corrected chi connectivity index (χ3v) is 8.81. The van der Waals surface area contributed by atoms with E-state index in [1.807, 2.05) is 24.3 Å². The van der Waals surface area contributed by atoms with Crippen molar-refractivity contribution in [2.24, 2.45) is 0 Å². The Kier molecular flexibility index (Phi) is 9.30. The first-order valence-corrected chi connectivity index (χ1v) is 14.5. The van der Waals surface area contributed by atoms with Gasteiger partial charge in [-0.1, -0.05) is 35.9 Å². The third kappa shape index (κ3) is 6.99. The number of amides is 1. The maximum Gasteiger partial charge on any atom is 0.243 e. The molecule has 2 heterocycles. The number of ether oxygens (including phenoxy) is 1. The van der Waals surface area contributed by atoms with Gasteiger partial charge in [0.05, 0.1) is 18.2 Å². The molecule has 0 saturated carbocycles. The zero-order chi connectivity index (χ0) is 28.0. The molecule has 9 nitrogen and oxygen atoms in total. The summed E-state index contributed by atoms with van der Waals surface area (Å²) in [5, 5.41) is 9.45. The minimum absolute atomic E-state index is 0.0518. The molecular formula is C28H32ClN5O4S. The zero-order valence-electron chi connectivity index (χ0n) is 22.0. The number of carbonyl (C=O) groups is 1. The van der Waals surface area contributed by atoms with Crippen LogP contribution in [0.15, 0.2) is 65.7 Å². The van der Waals surface area contributed by atoms with E-state index in [1.54, 1.807) is 49.0 Å². The normalized spacial score (nSPS) is 14.6. The Morgan fingerprint density at radius 2 is 1.92 bits per heavy atom. The molecule has 1 aliphatic rings. The third-order valence-electron chi connectivity index (χ3n) is 6.71. The second-order valence-electron chi connectivity index (χ2n) is 9.51. The van der Waals surface area contributed by atoms with E-state index in [0.717, 1.165) is 24.3 Å². The largest absolute Gasteiger partial charge is 0.378 e. The predicted octanol–water partition coefficient (Wildman–Crippen LogP) is 3.55. The van der Waals surface area contributed by atoms with Crippen LogP contribution in [0, 0.1) is 18.3 Å². The second kappa shape index (κ2) is 12.7. The molecule has 3 aromatic rings. The molecule has 0 bridgehead atoms. The lowest BCUT2D eigenvalue weighted by atomic mass is 10.1. The van der Waals surface area contributed by atoms with Crippen molar-refractivity contribution in [3.05, 3.63) is 82.6 Å². The Hall–Kier alpha value is -3.36. The molecule has 1 N–H and O–H groups in total. The van der Waals surface area contributed by atoms with Gasteiger partial charge in [-0.05, 0) is 54.8 Å². The first-order chi connectivity index (χ1) is 18.7. The summed E-state index contributed by atoms with van der Waals surface area (Å²) in [6.07, 6.45) is 1.87. The van der Waals surface area contributed by atoms with Crippen molar-refractivity contribution in [1.82, 2.24) is 14.2 Å². The highest BCUT2D eigenvalue weighted by molar-refractivity contribution is 7.89. The molecule has 206 valence electrons. The van der Waals surface area contributed by atoms with Crippen LogP contribution in [0.2, 0.25) is 5.02 Å². The molecule has 11 heteroatoms. The highest BCUT2D eigenvalue weighted by atomic mass is 35.5. The summed E-state index contributed by atoms with van der Waals surface area (Å²) in [4.78, 5) is 17.4. The summed E-state index contributed by atoms with van der Waals surface area (Å²) in [5.41, 5.74) is 2.89. The second-order valence-corrected chi connectivity index (χ2v) is 11.6. The SMILES string of the molecule is Cc1cccc(Cl)c1S(=O)(=O)NC(CCn1cccc1C#N)C(=O)N(C)Cc1cccc(N2CCOCC2)c1. The molecule has 1 aromatic heterocycles. The molecule has 0 spiro atoms. The number of morpholine rings is 1. The maximum absolute atomic E-state index is 13.7. The van der Waals surface area contributed by atoms with E-state index in [9.17, 15) is 18.5 Å². The lowest BCUT2D eigenvalue weighted by Crippen LogP contribution is -2.47. The monoisotopic (exact) mass is 569 g/mol. The van der Waals surface area contributed by atoms with Crippen molar-refractivity contribution in [2.75, 3.05) is 38.3 Å². The number of hydrogen-bond donors (Lipinski definition) is 1. The number of nitrogens with one attached hydrogen (secondary N) is 1. The van der Waals surface area contributed by atoms with E-state index >= 15 is 0 Å². The van der Waals surface area contributed by atoms with Gasteiger partial charge in [0.2, 0.25) is 15.9 Å². The number of aromatic nitrogens is 1. The molecule has 0 radical (unpaired) electrons. The van der Waals surface area contributed by atoms with Crippen LogP contribution in [0.3, 0.4) is 0 Å². The Morgan fingerprint density at radius 1 is 1.18 bits per heavy atom. The number of nitrogens with zero attached hydrogens (tertiary/aromatic N) is 4. The van der Waals surface area contributed by atoms with Crippen molar-refractivity contribution in [3.63, 3.8) is 0 Å². The quantitative estimate of drug-likeness (QED) is 0.400. The van der Waals surface area contributed by atoms with Crippen molar-refractivity contribution < 1.29 is 17.9 Å². The fraction of sp³-hybridized carbons (Fsp3) is 0.357. The van der Waals surface area contributed by atoms with E-state index in [2.05, 4.69) is 15.7 Å². The van der Waals surface area contributed by atoms with Crippen LogP contribution in [0.1, 0.15) is 23.2 Å². The maximum atomic E-state index is 13.7. The van der Waals surface area contributed by atoms with E-state index < -0.39 is 16.1 Å². The smallest absolute Gasteiger partial charge is 0.243 e. The number of carbonyl (C=O) groups excluding carboxylic acids is 1. The fourth-order valence-corrected chi connectivity index (χ4v) is 6.76.